The molecule has 22 heavy (non-hydrogen) atoms. The van der Waals surface area contributed by atoms with Gasteiger partial charge in [0.15, 0.2) is 0 Å². The summed E-state index contributed by atoms with van der Waals surface area (Å²) in [5, 5.41) is 5.51. The number of anilines is 2. The summed E-state index contributed by atoms with van der Waals surface area (Å²) in [7, 11) is 0. The number of rotatable bonds is 4. The van der Waals surface area contributed by atoms with E-state index in [0.717, 1.165) is 5.69 Å². The number of hydrogen-bond donors (Lipinski definition) is 2. The summed E-state index contributed by atoms with van der Waals surface area (Å²) in [5.41, 5.74) is 2.89. The van der Waals surface area contributed by atoms with Crippen molar-refractivity contribution in [3.63, 3.8) is 0 Å². The normalized spacial score (nSPS) is 10.4. The SMILES string of the molecule is CC(=O)Nc1ccccc1C(=O)Nc1ccc(C(C)C)cc1. The van der Waals surface area contributed by atoms with Crippen LogP contribution in [0.5, 0.6) is 0 Å². The van der Waals surface area contributed by atoms with Gasteiger partial charge >= 0.3 is 0 Å². The van der Waals surface area contributed by atoms with Gasteiger partial charge in [-0.25, -0.2) is 0 Å². The average Bonchev–Trinajstić information content (AvgIpc) is 2.47. The van der Waals surface area contributed by atoms with E-state index in [1.807, 2.05) is 24.3 Å². The predicted octanol–water partition coefficient (Wildman–Crippen LogP) is 4.02. The summed E-state index contributed by atoms with van der Waals surface area (Å²) < 4.78 is 0. The first-order chi connectivity index (χ1) is 10.5. The number of nitrogens with one attached hydrogen (secondary N) is 2. The highest BCUT2D eigenvalue weighted by atomic mass is 16.2. The molecule has 0 aliphatic heterocycles. The van der Waals surface area contributed by atoms with Crippen LogP contribution in [0.1, 0.15) is 42.6 Å². The maximum Gasteiger partial charge on any atom is 0.257 e. The molecular formula is C18H20N2O2. The van der Waals surface area contributed by atoms with Gasteiger partial charge in [0.25, 0.3) is 5.91 Å². The van der Waals surface area contributed by atoms with Crippen LogP contribution in [0, 0.1) is 0 Å². The number of benzene rings is 2. The maximum atomic E-state index is 12.4. The third-order valence-electron chi connectivity index (χ3n) is 3.32. The zero-order valence-electron chi connectivity index (χ0n) is 13.0. The Kier molecular flexibility index (Phi) is 4.94. The molecule has 0 saturated heterocycles. The van der Waals surface area contributed by atoms with Gasteiger partial charge in [-0.15, -0.1) is 0 Å². The molecule has 2 rings (SSSR count). The number of para-hydroxylation sites is 1. The van der Waals surface area contributed by atoms with Crippen molar-refractivity contribution >= 4 is 23.2 Å². The summed E-state index contributed by atoms with van der Waals surface area (Å²) >= 11 is 0. The lowest BCUT2D eigenvalue weighted by molar-refractivity contribution is -0.114. The predicted molar refractivity (Wildman–Crippen MR) is 89.2 cm³/mol. The van der Waals surface area contributed by atoms with Gasteiger partial charge in [0.1, 0.15) is 0 Å². The van der Waals surface area contributed by atoms with Gasteiger partial charge in [0.05, 0.1) is 11.3 Å². The van der Waals surface area contributed by atoms with Gasteiger partial charge in [-0.2, -0.15) is 0 Å². The number of amides is 2. The Balaban J connectivity index is 2.17. The van der Waals surface area contributed by atoms with Crippen molar-refractivity contribution in [3.05, 3.63) is 59.7 Å². The van der Waals surface area contributed by atoms with E-state index in [-0.39, 0.29) is 11.8 Å². The highest BCUT2D eigenvalue weighted by Gasteiger charge is 2.12. The van der Waals surface area contributed by atoms with Crippen molar-refractivity contribution in [2.45, 2.75) is 26.7 Å². The van der Waals surface area contributed by atoms with Gasteiger partial charge in [-0.1, -0.05) is 38.1 Å². The quantitative estimate of drug-likeness (QED) is 0.895. The second-order valence-electron chi connectivity index (χ2n) is 5.46. The van der Waals surface area contributed by atoms with Crippen LogP contribution in [0.25, 0.3) is 0 Å². The molecule has 0 aromatic heterocycles. The molecule has 0 saturated carbocycles. The minimum Gasteiger partial charge on any atom is -0.326 e. The molecule has 0 bridgehead atoms. The molecule has 0 fully saturated rings. The van der Waals surface area contributed by atoms with Crippen LogP contribution in [0.2, 0.25) is 0 Å². The zero-order chi connectivity index (χ0) is 16.1. The summed E-state index contributed by atoms with van der Waals surface area (Å²) in [4.78, 5) is 23.6. The van der Waals surface area contributed by atoms with Crippen molar-refractivity contribution in [1.82, 2.24) is 0 Å². The minimum atomic E-state index is -0.248. The van der Waals surface area contributed by atoms with E-state index < -0.39 is 0 Å². The van der Waals surface area contributed by atoms with E-state index in [2.05, 4.69) is 24.5 Å². The summed E-state index contributed by atoms with van der Waals surface area (Å²) in [5.74, 6) is -0.00609. The molecule has 0 aliphatic carbocycles. The molecule has 2 aromatic rings. The topological polar surface area (TPSA) is 58.2 Å². The molecule has 0 aliphatic rings. The summed E-state index contributed by atoms with van der Waals surface area (Å²) in [6.45, 7) is 5.66. The summed E-state index contributed by atoms with van der Waals surface area (Å²) in [6.07, 6.45) is 0. The second kappa shape index (κ2) is 6.89. The van der Waals surface area contributed by atoms with E-state index >= 15 is 0 Å². The van der Waals surface area contributed by atoms with Crippen LogP contribution >= 0.6 is 0 Å². The van der Waals surface area contributed by atoms with Crippen LogP contribution in [-0.2, 0) is 4.79 Å². The average molecular weight is 296 g/mol. The molecule has 4 heteroatoms. The Hall–Kier alpha value is -2.62. The molecule has 0 unspecified atom stereocenters. The summed E-state index contributed by atoms with van der Waals surface area (Å²) in [6, 6.07) is 14.7. The van der Waals surface area contributed by atoms with Crippen LogP contribution in [0.3, 0.4) is 0 Å². The lowest BCUT2D eigenvalue weighted by Gasteiger charge is -2.11. The molecule has 0 spiro atoms. The highest BCUT2D eigenvalue weighted by molar-refractivity contribution is 6.09. The lowest BCUT2D eigenvalue weighted by Crippen LogP contribution is -2.16. The van der Waals surface area contributed by atoms with Gasteiger partial charge in [-0.05, 0) is 35.7 Å². The first-order valence-electron chi connectivity index (χ1n) is 7.25. The fraction of sp³-hybridized carbons (Fsp3) is 0.222. The first-order valence-corrected chi connectivity index (χ1v) is 7.25. The van der Waals surface area contributed by atoms with E-state index in [1.165, 1.54) is 12.5 Å². The van der Waals surface area contributed by atoms with Crippen molar-refractivity contribution in [2.24, 2.45) is 0 Å². The van der Waals surface area contributed by atoms with Crippen molar-refractivity contribution in [1.29, 1.82) is 0 Å². The fourth-order valence-corrected chi connectivity index (χ4v) is 2.13. The third-order valence-corrected chi connectivity index (χ3v) is 3.32. The van der Waals surface area contributed by atoms with Crippen LogP contribution in [0.15, 0.2) is 48.5 Å². The Morgan fingerprint density at radius 1 is 0.909 bits per heavy atom. The number of carbonyl (C=O) groups is 2. The lowest BCUT2D eigenvalue weighted by atomic mass is 10.0. The fourth-order valence-electron chi connectivity index (χ4n) is 2.13. The first kappa shape index (κ1) is 15.8. The molecule has 0 radical (unpaired) electrons. The van der Waals surface area contributed by atoms with E-state index in [4.69, 9.17) is 0 Å². The number of hydrogen-bond acceptors (Lipinski definition) is 2. The van der Waals surface area contributed by atoms with Gasteiger partial charge in [0.2, 0.25) is 5.91 Å². The largest absolute Gasteiger partial charge is 0.326 e. The van der Waals surface area contributed by atoms with Crippen LogP contribution in [0.4, 0.5) is 11.4 Å². The maximum absolute atomic E-state index is 12.4. The molecule has 0 atom stereocenters. The standard InChI is InChI=1S/C18H20N2O2/c1-12(2)14-8-10-15(11-9-14)20-18(22)16-6-4-5-7-17(16)19-13(3)21/h4-12H,1-3H3,(H,19,21)(H,20,22). The van der Waals surface area contributed by atoms with Gasteiger partial charge in [-0.3, -0.25) is 9.59 Å². The minimum absolute atomic E-state index is 0.207. The van der Waals surface area contributed by atoms with Crippen LogP contribution < -0.4 is 10.6 Å². The van der Waals surface area contributed by atoms with Crippen molar-refractivity contribution in [2.75, 3.05) is 10.6 Å². The highest BCUT2D eigenvalue weighted by Crippen LogP contribution is 2.20. The molecule has 0 heterocycles. The molecule has 2 amide bonds. The number of carbonyl (C=O) groups excluding carboxylic acids is 2. The Labute approximate surface area is 130 Å². The monoisotopic (exact) mass is 296 g/mol. The smallest absolute Gasteiger partial charge is 0.257 e. The molecule has 2 aromatic carbocycles. The Morgan fingerprint density at radius 2 is 1.55 bits per heavy atom. The van der Waals surface area contributed by atoms with E-state index in [0.29, 0.717) is 17.2 Å². The zero-order valence-corrected chi connectivity index (χ0v) is 13.0. The van der Waals surface area contributed by atoms with Gasteiger partial charge in [0, 0.05) is 12.6 Å². The van der Waals surface area contributed by atoms with E-state index in [9.17, 15) is 9.59 Å². The van der Waals surface area contributed by atoms with Crippen LogP contribution in [-0.4, -0.2) is 11.8 Å². The molecule has 114 valence electrons. The van der Waals surface area contributed by atoms with E-state index in [1.54, 1.807) is 24.3 Å². The Bertz CT molecular complexity index is 676. The van der Waals surface area contributed by atoms with Crippen molar-refractivity contribution in [3.8, 4) is 0 Å². The molecule has 2 N–H and O–H groups in total. The molecular weight excluding hydrogens is 276 g/mol. The molecule has 4 nitrogen and oxygen atoms in total. The Morgan fingerprint density at radius 3 is 2.14 bits per heavy atom. The second-order valence-corrected chi connectivity index (χ2v) is 5.46. The van der Waals surface area contributed by atoms with Gasteiger partial charge < -0.3 is 10.6 Å². The third kappa shape index (κ3) is 3.95. The van der Waals surface area contributed by atoms with Crippen molar-refractivity contribution < 1.29 is 9.59 Å².